The normalized spacial score (nSPS) is 12.1. The van der Waals surface area contributed by atoms with Crippen molar-refractivity contribution in [2.24, 2.45) is 5.41 Å². The molecule has 0 radical (unpaired) electrons. The molecular formula is C59H42OS6. The quantitative estimate of drug-likeness (QED) is 0.116. The molecule has 0 aliphatic carbocycles. The van der Waals surface area contributed by atoms with E-state index in [1.807, 2.05) is 69.3 Å². The smallest absolute Gasteiger partial charge is 0.0511 e. The molecule has 0 saturated carbocycles. The monoisotopic (exact) mass is 958 g/mol. The molecule has 0 spiro atoms. The predicted octanol–water partition coefficient (Wildman–Crippen LogP) is 18.4. The highest BCUT2D eigenvalue weighted by atomic mass is 32.2. The van der Waals surface area contributed by atoms with Crippen LogP contribution in [-0.4, -0.2) is 29.0 Å². The minimum absolute atomic E-state index is 0.0657. The molecular weight excluding hydrogens is 917 g/mol. The fraction of sp³-hybridized carbons (Fsp3) is 0.0847. The lowest BCUT2D eigenvalue weighted by molar-refractivity contribution is 0.188. The van der Waals surface area contributed by atoms with Gasteiger partial charge in [-0.3, -0.25) is 0 Å². The Kier molecular flexibility index (Phi) is 11.5. The minimum Gasteiger partial charge on any atom is -0.396 e. The number of aliphatic hydroxyl groups is 1. The van der Waals surface area contributed by atoms with Crippen molar-refractivity contribution in [3.63, 3.8) is 0 Å². The van der Waals surface area contributed by atoms with Crippen LogP contribution in [-0.2, 0) is 0 Å². The van der Waals surface area contributed by atoms with E-state index in [1.54, 1.807) is 0 Å². The number of fused-ring (bicyclic) bond motifs is 9. The number of hydrogen-bond donors (Lipinski definition) is 1. The van der Waals surface area contributed by atoms with Gasteiger partial charge in [-0.15, -0.1) is 69.3 Å². The van der Waals surface area contributed by atoms with Gasteiger partial charge in [-0.1, -0.05) is 164 Å². The maximum Gasteiger partial charge on any atom is 0.0511 e. The Balaban J connectivity index is 0.915. The van der Waals surface area contributed by atoms with Crippen molar-refractivity contribution in [1.82, 2.24) is 0 Å². The Hall–Kier alpha value is -5.35. The Morgan fingerprint density at radius 2 is 0.576 bits per heavy atom. The van der Waals surface area contributed by atoms with Gasteiger partial charge in [0.05, 0.1) is 6.61 Å². The molecule has 0 atom stereocenters. The highest BCUT2D eigenvalue weighted by Gasteiger charge is 2.32. The maximum atomic E-state index is 11.9. The van der Waals surface area contributed by atoms with Crippen LogP contribution in [0.2, 0.25) is 0 Å². The Bertz CT molecular complexity index is 3360. The lowest BCUT2D eigenvalue weighted by Crippen LogP contribution is -2.34. The third-order valence-electron chi connectivity index (χ3n) is 12.7. The molecule has 3 heterocycles. The topological polar surface area (TPSA) is 20.2 Å². The van der Waals surface area contributed by atoms with Crippen LogP contribution < -0.4 is 0 Å². The molecule has 0 fully saturated rings. The minimum atomic E-state index is -0.440. The van der Waals surface area contributed by atoms with E-state index in [9.17, 15) is 5.11 Å². The van der Waals surface area contributed by atoms with E-state index < -0.39 is 5.41 Å². The number of rotatable bonds is 13. The van der Waals surface area contributed by atoms with Crippen LogP contribution >= 0.6 is 69.3 Å². The lowest BCUT2D eigenvalue weighted by atomic mass is 9.97. The van der Waals surface area contributed by atoms with Gasteiger partial charge >= 0.3 is 0 Å². The second-order valence-electron chi connectivity index (χ2n) is 16.9. The van der Waals surface area contributed by atoms with Crippen LogP contribution in [0.4, 0.5) is 0 Å². The molecule has 12 rings (SSSR count). The third kappa shape index (κ3) is 7.65. The molecule has 320 valence electrons. The first-order valence-corrected chi connectivity index (χ1v) is 27.5. The van der Waals surface area contributed by atoms with E-state index in [0.29, 0.717) is 0 Å². The van der Waals surface area contributed by atoms with E-state index in [4.69, 9.17) is 0 Å². The summed E-state index contributed by atoms with van der Waals surface area (Å²) in [6.45, 7) is 0.0657. The van der Waals surface area contributed by atoms with Crippen molar-refractivity contribution >= 4 is 130 Å². The molecule has 3 aromatic heterocycles. The van der Waals surface area contributed by atoms with Crippen LogP contribution in [0.3, 0.4) is 0 Å². The van der Waals surface area contributed by atoms with E-state index >= 15 is 0 Å². The van der Waals surface area contributed by atoms with E-state index in [0.717, 1.165) is 17.3 Å². The Labute approximate surface area is 409 Å². The maximum absolute atomic E-state index is 11.9. The molecule has 0 saturated heterocycles. The van der Waals surface area contributed by atoms with Gasteiger partial charge in [0.25, 0.3) is 0 Å². The molecule has 0 aliphatic rings. The van der Waals surface area contributed by atoms with E-state index in [2.05, 4.69) is 200 Å². The standard InChI is InChI=1S/C59H42OS6/c60-34-59(35-61-50-28-7-1-16-38(50)44-22-13-25-47-41-19-4-10-31-53(41)64-56(44)47,36-62-51-29-8-2-17-39(51)45-23-14-26-48-42-20-5-11-32-54(42)65-57(45)48)37-63-52-30-9-3-18-40(52)46-24-15-27-49-43-21-6-12-33-55(43)66-58(46)49/h1-33,60H,34-37H2. The lowest BCUT2D eigenvalue weighted by Gasteiger charge is -2.32. The molecule has 66 heavy (non-hydrogen) atoms. The molecule has 0 amide bonds. The molecule has 0 bridgehead atoms. The number of benzene rings is 9. The van der Waals surface area contributed by atoms with Gasteiger partial charge in [0.2, 0.25) is 0 Å². The second kappa shape index (κ2) is 18.0. The first kappa shape index (κ1) is 42.0. The van der Waals surface area contributed by atoms with Gasteiger partial charge in [0.1, 0.15) is 0 Å². The zero-order valence-corrected chi connectivity index (χ0v) is 40.7. The van der Waals surface area contributed by atoms with Crippen LogP contribution in [0, 0.1) is 5.41 Å². The number of thioether (sulfide) groups is 3. The SMILES string of the molecule is OCC(CSc1ccccc1-c1cccc2c1sc1ccccc12)(CSc1ccccc1-c1cccc2c1sc1ccccc12)CSc1ccccc1-c1cccc2c1sc1ccccc12. The average molecular weight is 959 g/mol. The first-order chi connectivity index (χ1) is 32.6. The van der Waals surface area contributed by atoms with Crippen LogP contribution in [0.5, 0.6) is 0 Å². The molecule has 7 heteroatoms. The summed E-state index contributed by atoms with van der Waals surface area (Å²) in [5.41, 5.74) is 7.10. The van der Waals surface area contributed by atoms with Crippen LogP contribution in [0.15, 0.2) is 215 Å². The summed E-state index contributed by atoms with van der Waals surface area (Å²) >= 11 is 11.3. The van der Waals surface area contributed by atoms with Crippen molar-refractivity contribution in [3.05, 3.63) is 200 Å². The second-order valence-corrected chi connectivity index (χ2v) is 23.1. The van der Waals surface area contributed by atoms with Gasteiger partial charge in [0.15, 0.2) is 0 Å². The van der Waals surface area contributed by atoms with Gasteiger partial charge in [-0.2, -0.15) is 0 Å². The van der Waals surface area contributed by atoms with Crippen LogP contribution in [0.1, 0.15) is 0 Å². The van der Waals surface area contributed by atoms with Gasteiger partial charge in [-0.05, 0) is 53.1 Å². The fourth-order valence-corrected chi connectivity index (χ4v) is 17.2. The fourth-order valence-electron chi connectivity index (χ4n) is 9.28. The van der Waals surface area contributed by atoms with Crippen molar-refractivity contribution in [2.45, 2.75) is 14.7 Å². The number of hydrogen-bond acceptors (Lipinski definition) is 7. The molecule has 1 nitrogen and oxygen atoms in total. The number of thiophene rings is 3. The Morgan fingerprint density at radius 1 is 0.303 bits per heavy atom. The highest BCUT2D eigenvalue weighted by molar-refractivity contribution is 8.01. The molecule has 9 aromatic carbocycles. The molecule has 1 N–H and O–H groups in total. The summed E-state index contributed by atoms with van der Waals surface area (Å²) in [6.07, 6.45) is 0. The number of aliphatic hydroxyl groups excluding tert-OH is 1. The summed E-state index contributed by atoms with van der Waals surface area (Å²) in [5.74, 6) is 2.26. The zero-order valence-electron chi connectivity index (χ0n) is 35.8. The van der Waals surface area contributed by atoms with Crippen molar-refractivity contribution < 1.29 is 5.11 Å². The Morgan fingerprint density at radius 3 is 0.909 bits per heavy atom. The summed E-state index contributed by atoms with van der Waals surface area (Å²) in [4.78, 5) is 3.72. The van der Waals surface area contributed by atoms with E-state index in [-0.39, 0.29) is 6.61 Å². The molecule has 12 aromatic rings. The predicted molar refractivity (Wildman–Crippen MR) is 296 cm³/mol. The molecule has 0 unspecified atom stereocenters. The van der Waals surface area contributed by atoms with Gasteiger partial charge in [0, 0.05) is 115 Å². The largest absolute Gasteiger partial charge is 0.396 e. The van der Waals surface area contributed by atoms with Crippen LogP contribution in [0.25, 0.3) is 93.9 Å². The van der Waals surface area contributed by atoms with Crippen molar-refractivity contribution in [3.8, 4) is 33.4 Å². The summed E-state index contributed by atoms with van der Waals surface area (Å²) in [7, 11) is 0. The first-order valence-electron chi connectivity index (χ1n) is 22.1. The summed E-state index contributed by atoms with van der Waals surface area (Å²) in [5, 5.41) is 19.8. The highest BCUT2D eigenvalue weighted by Crippen LogP contribution is 2.49. The van der Waals surface area contributed by atoms with Crippen molar-refractivity contribution in [2.75, 3.05) is 23.9 Å². The van der Waals surface area contributed by atoms with Crippen molar-refractivity contribution in [1.29, 1.82) is 0 Å². The van der Waals surface area contributed by atoms with Gasteiger partial charge < -0.3 is 5.11 Å². The molecule has 0 aliphatic heterocycles. The van der Waals surface area contributed by atoms with Gasteiger partial charge in [-0.25, -0.2) is 0 Å². The zero-order chi connectivity index (χ0) is 44.0. The average Bonchev–Trinajstić information content (AvgIpc) is 4.08. The summed E-state index contributed by atoms with van der Waals surface area (Å²) in [6, 6.07) is 73.1. The summed E-state index contributed by atoms with van der Waals surface area (Å²) < 4.78 is 7.90. The third-order valence-corrected chi connectivity index (χ3v) is 20.6. The van der Waals surface area contributed by atoms with E-state index in [1.165, 1.54) is 109 Å².